The number of carbonyl (C=O) groups excluding carboxylic acids is 1. The lowest BCUT2D eigenvalue weighted by Gasteiger charge is -2.24. The molecule has 0 fully saturated rings. The highest BCUT2D eigenvalue weighted by Crippen LogP contribution is 2.16. The van der Waals surface area contributed by atoms with Crippen LogP contribution in [-0.4, -0.2) is 35.9 Å². The molecule has 1 unspecified atom stereocenters. The first-order chi connectivity index (χ1) is 8.38. The highest BCUT2D eigenvalue weighted by molar-refractivity contribution is 7.98. The summed E-state index contributed by atoms with van der Waals surface area (Å²) in [5.41, 5.74) is -0.193. The lowest BCUT2D eigenvalue weighted by Crippen LogP contribution is -2.36. The molecule has 0 aliphatic heterocycles. The van der Waals surface area contributed by atoms with Crippen LogP contribution in [0.4, 0.5) is 13.2 Å². The second kappa shape index (κ2) is 6.13. The third-order valence-electron chi connectivity index (χ3n) is 2.62. The van der Waals surface area contributed by atoms with E-state index in [9.17, 15) is 18.0 Å². The second-order valence-electron chi connectivity index (χ2n) is 3.97. The van der Waals surface area contributed by atoms with Crippen molar-refractivity contribution in [3.8, 4) is 0 Å². The minimum atomic E-state index is -1.56. The number of benzene rings is 1. The minimum absolute atomic E-state index is 0.0799. The average molecular weight is 277 g/mol. The van der Waals surface area contributed by atoms with Crippen LogP contribution in [0.5, 0.6) is 0 Å². The molecule has 0 N–H and O–H groups in total. The molecule has 2 nitrogen and oxygen atoms in total. The standard InChI is InChI=1S/C12H14F3NOS/c1-7(6-18-3)16(2)12(17)8-4-9(13)11(15)10(14)5-8/h4-5,7H,6H2,1-3H3. The minimum Gasteiger partial charge on any atom is -0.338 e. The molecule has 0 saturated carbocycles. The van der Waals surface area contributed by atoms with Gasteiger partial charge in [-0.1, -0.05) is 0 Å². The molecule has 1 atom stereocenters. The van der Waals surface area contributed by atoms with Crippen LogP contribution in [0, 0.1) is 17.5 Å². The van der Waals surface area contributed by atoms with Gasteiger partial charge in [0.2, 0.25) is 0 Å². The van der Waals surface area contributed by atoms with Crippen molar-refractivity contribution >= 4 is 17.7 Å². The van der Waals surface area contributed by atoms with E-state index in [1.165, 1.54) is 4.90 Å². The summed E-state index contributed by atoms with van der Waals surface area (Å²) in [5.74, 6) is -4.11. The Morgan fingerprint density at radius 3 is 2.28 bits per heavy atom. The van der Waals surface area contributed by atoms with Crippen LogP contribution in [0.15, 0.2) is 12.1 Å². The topological polar surface area (TPSA) is 20.3 Å². The summed E-state index contributed by atoms with van der Waals surface area (Å²) in [6, 6.07) is 1.34. The zero-order valence-corrected chi connectivity index (χ0v) is 11.2. The van der Waals surface area contributed by atoms with E-state index >= 15 is 0 Å². The third-order valence-corrected chi connectivity index (χ3v) is 3.44. The van der Waals surface area contributed by atoms with E-state index in [1.807, 2.05) is 13.2 Å². The number of hydrogen-bond acceptors (Lipinski definition) is 2. The summed E-state index contributed by atoms with van der Waals surface area (Å²) in [7, 11) is 1.54. The van der Waals surface area contributed by atoms with Gasteiger partial charge >= 0.3 is 0 Å². The molecular weight excluding hydrogens is 263 g/mol. The molecule has 1 rings (SSSR count). The predicted molar refractivity (Wildman–Crippen MR) is 66.3 cm³/mol. The van der Waals surface area contributed by atoms with Crippen molar-refractivity contribution < 1.29 is 18.0 Å². The second-order valence-corrected chi connectivity index (χ2v) is 4.88. The average Bonchev–Trinajstić information content (AvgIpc) is 2.33. The zero-order chi connectivity index (χ0) is 13.9. The van der Waals surface area contributed by atoms with E-state index in [-0.39, 0.29) is 11.6 Å². The Kier molecular flexibility index (Phi) is 5.07. The van der Waals surface area contributed by atoms with Crippen molar-refractivity contribution in [3.63, 3.8) is 0 Å². The fraction of sp³-hybridized carbons (Fsp3) is 0.417. The molecule has 100 valence electrons. The van der Waals surface area contributed by atoms with E-state index in [1.54, 1.807) is 18.8 Å². The van der Waals surface area contributed by atoms with Crippen LogP contribution in [0.2, 0.25) is 0 Å². The highest BCUT2D eigenvalue weighted by atomic mass is 32.2. The monoisotopic (exact) mass is 277 g/mol. The summed E-state index contributed by atoms with van der Waals surface area (Å²) in [4.78, 5) is 13.3. The molecule has 0 aromatic heterocycles. The number of carbonyl (C=O) groups is 1. The molecule has 0 aliphatic carbocycles. The first kappa shape index (κ1) is 14.9. The molecule has 0 radical (unpaired) electrons. The Labute approximate surface area is 108 Å². The smallest absolute Gasteiger partial charge is 0.254 e. The molecule has 1 amide bonds. The molecule has 6 heteroatoms. The fourth-order valence-corrected chi connectivity index (χ4v) is 2.14. The Morgan fingerprint density at radius 2 is 1.83 bits per heavy atom. The van der Waals surface area contributed by atoms with E-state index in [2.05, 4.69) is 0 Å². The van der Waals surface area contributed by atoms with Gasteiger partial charge in [0.25, 0.3) is 5.91 Å². The van der Waals surface area contributed by atoms with Gasteiger partial charge in [-0.25, -0.2) is 13.2 Å². The van der Waals surface area contributed by atoms with E-state index < -0.39 is 23.4 Å². The summed E-state index contributed by atoms with van der Waals surface area (Å²) < 4.78 is 38.8. The molecule has 0 spiro atoms. The van der Waals surface area contributed by atoms with Crippen molar-refractivity contribution in [1.82, 2.24) is 4.90 Å². The number of hydrogen-bond donors (Lipinski definition) is 0. The van der Waals surface area contributed by atoms with Crippen LogP contribution in [0.25, 0.3) is 0 Å². The van der Waals surface area contributed by atoms with Crippen LogP contribution in [0.3, 0.4) is 0 Å². The van der Waals surface area contributed by atoms with Gasteiger partial charge in [0.1, 0.15) is 0 Å². The Balaban J connectivity index is 2.97. The summed E-state index contributed by atoms with van der Waals surface area (Å²) >= 11 is 1.56. The van der Waals surface area contributed by atoms with Crippen LogP contribution >= 0.6 is 11.8 Å². The molecule has 1 aromatic rings. The Morgan fingerprint density at radius 1 is 1.33 bits per heavy atom. The lowest BCUT2D eigenvalue weighted by atomic mass is 10.1. The highest BCUT2D eigenvalue weighted by Gasteiger charge is 2.20. The van der Waals surface area contributed by atoms with Gasteiger partial charge < -0.3 is 4.90 Å². The van der Waals surface area contributed by atoms with Crippen LogP contribution < -0.4 is 0 Å². The molecular formula is C12H14F3NOS. The molecule has 0 bridgehead atoms. The van der Waals surface area contributed by atoms with Gasteiger partial charge in [0.05, 0.1) is 0 Å². The summed E-state index contributed by atoms with van der Waals surface area (Å²) in [6.45, 7) is 1.82. The van der Waals surface area contributed by atoms with Crippen molar-refractivity contribution in [2.75, 3.05) is 19.1 Å². The van der Waals surface area contributed by atoms with Gasteiger partial charge in [-0.3, -0.25) is 4.79 Å². The predicted octanol–water partition coefficient (Wildman–Crippen LogP) is 2.93. The van der Waals surface area contributed by atoms with Crippen LogP contribution in [-0.2, 0) is 0 Å². The van der Waals surface area contributed by atoms with E-state index in [0.29, 0.717) is 17.9 Å². The fourth-order valence-electron chi connectivity index (χ4n) is 1.44. The quantitative estimate of drug-likeness (QED) is 0.789. The van der Waals surface area contributed by atoms with Gasteiger partial charge in [-0.05, 0) is 25.3 Å². The van der Waals surface area contributed by atoms with Crippen molar-refractivity contribution in [3.05, 3.63) is 35.1 Å². The summed E-state index contributed by atoms with van der Waals surface area (Å²) in [5, 5.41) is 0. The molecule has 0 heterocycles. The third kappa shape index (κ3) is 3.19. The molecule has 18 heavy (non-hydrogen) atoms. The van der Waals surface area contributed by atoms with E-state index in [0.717, 1.165) is 0 Å². The first-order valence-corrected chi connectivity index (χ1v) is 6.68. The number of thioether (sulfide) groups is 1. The van der Waals surface area contributed by atoms with Crippen molar-refractivity contribution in [1.29, 1.82) is 0 Å². The maximum absolute atomic E-state index is 13.0. The molecule has 1 aromatic carbocycles. The van der Waals surface area contributed by atoms with Gasteiger partial charge in [-0.2, -0.15) is 11.8 Å². The first-order valence-electron chi connectivity index (χ1n) is 5.29. The number of nitrogens with zero attached hydrogens (tertiary/aromatic N) is 1. The normalized spacial score (nSPS) is 12.3. The summed E-state index contributed by atoms with van der Waals surface area (Å²) in [6.07, 6.45) is 1.89. The number of amides is 1. The Hall–Kier alpha value is -1.17. The van der Waals surface area contributed by atoms with Crippen LogP contribution in [0.1, 0.15) is 17.3 Å². The van der Waals surface area contributed by atoms with E-state index in [4.69, 9.17) is 0 Å². The molecule has 0 saturated heterocycles. The maximum Gasteiger partial charge on any atom is 0.254 e. The lowest BCUT2D eigenvalue weighted by molar-refractivity contribution is 0.0756. The largest absolute Gasteiger partial charge is 0.338 e. The maximum atomic E-state index is 13.0. The van der Waals surface area contributed by atoms with Gasteiger partial charge in [0.15, 0.2) is 17.5 Å². The number of halogens is 3. The number of rotatable bonds is 4. The van der Waals surface area contributed by atoms with Gasteiger partial charge in [0, 0.05) is 24.4 Å². The SMILES string of the molecule is CSCC(C)N(C)C(=O)c1cc(F)c(F)c(F)c1. The van der Waals surface area contributed by atoms with Crippen molar-refractivity contribution in [2.45, 2.75) is 13.0 Å². The molecule has 0 aliphatic rings. The zero-order valence-electron chi connectivity index (χ0n) is 10.3. The Bertz CT molecular complexity index is 430. The van der Waals surface area contributed by atoms with Gasteiger partial charge in [-0.15, -0.1) is 0 Å². The van der Waals surface area contributed by atoms with Crippen molar-refractivity contribution in [2.24, 2.45) is 0 Å².